The highest BCUT2D eigenvalue weighted by Crippen LogP contribution is 2.30. The molecule has 1 aliphatic heterocycles. The summed E-state index contributed by atoms with van der Waals surface area (Å²) in [6, 6.07) is 17.6. The van der Waals surface area contributed by atoms with Gasteiger partial charge >= 0.3 is 0 Å². The number of rotatable bonds is 8. The zero-order chi connectivity index (χ0) is 21.2. The van der Waals surface area contributed by atoms with Gasteiger partial charge in [0.2, 0.25) is 5.91 Å². The van der Waals surface area contributed by atoms with E-state index in [0.29, 0.717) is 38.6 Å². The van der Waals surface area contributed by atoms with Gasteiger partial charge in [0.1, 0.15) is 6.61 Å². The summed E-state index contributed by atoms with van der Waals surface area (Å²) >= 11 is 0. The number of guanidine groups is 1. The Hall–Kier alpha value is -2.49. The molecule has 7 nitrogen and oxygen atoms in total. The monoisotopic (exact) mass is 538 g/mol. The number of benzene rings is 2. The molecule has 0 saturated heterocycles. The van der Waals surface area contributed by atoms with Gasteiger partial charge in [-0.3, -0.25) is 4.79 Å². The lowest BCUT2D eigenvalue weighted by molar-refractivity contribution is -0.130. The van der Waals surface area contributed by atoms with Crippen LogP contribution in [0.4, 0.5) is 0 Å². The summed E-state index contributed by atoms with van der Waals surface area (Å²) in [5, 5.41) is 6.43. The third-order valence-electron chi connectivity index (χ3n) is 4.68. The lowest BCUT2D eigenvalue weighted by Gasteiger charge is -2.25. The maximum atomic E-state index is 12.4. The Bertz CT molecular complexity index is 848. The van der Waals surface area contributed by atoms with E-state index in [1.165, 1.54) is 0 Å². The van der Waals surface area contributed by atoms with Gasteiger partial charge in [-0.1, -0.05) is 42.5 Å². The second-order valence-corrected chi connectivity index (χ2v) is 7.13. The van der Waals surface area contributed by atoms with E-state index in [4.69, 9.17) is 9.47 Å². The van der Waals surface area contributed by atoms with Crippen LogP contribution in [0.5, 0.6) is 11.5 Å². The third kappa shape index (κ3) is 7.93. The fourth-order valence-electron chi connectivity index (χ4n) is 3.11. The molecule has 0 aromatic heterocycles. The molecule has 1 aliphatic rings. The average molecular weight is 538 g/mol. The lowest BCUT2D eigenvalue weighted by Crippen LogP contribution is -2.41. The molecule has 0 radical (unpaired) electrons. The van der Waals surface area contributed by atoms with E-state index in [2.05, 4.69) is 15.6 Å². The molecular weight excluding hydrogens is 507 g/mol. The van der Waals surface area contributed by atoms with Crippen molar-refractivity contribution in [3.8, 4) is 11.5 Å². The van der Waals surface area contributed by atoms with E-state index in [1.54, 1.807) is 4.90 Å². The second-order valence-electron chi connectivity index (χ2n) is 7.13. The summed E-state index contributed by atoms with van der Waals surface area (Å²) < 4.78 is 11.7. The van der Waals surface area contributed by atoms with E-state index in [1.807, 2.05) is 68.6 Å². The Morgan fingerprint density at radius 1 is 1.10 bits per heavy atom. The van der Waals surface area contributed by atoms with E-state index < -0.39 is 0 Å². The normalized spacial score (nSPS) is 14.9. The molecular formula is C23H31IN4O3. The predicted octanol–water partition coefficient (Wildman–Crippen LogP) is 3.05. The summed E-state index contributed by atoms with van der Waals surface area (Å²) in [6.07, 6.45) is 0.249. The molecule has 0 aliphatic carbocycles. The molecule has 1 amide bonds. The van der Waals surface area contributed by atoms with Crippen LogP contribution in [-0.2, 0) is 11.3 Å². The molecule has 31 heavy (non-hydrogen) atoms. The first kappa shape index (κ1) is 24.8. The second kappa shape index (κ2) is 13.0. The first-order valence-corrected chi connectivity index (χ1v) is 10.3. The minimum Gasteiger partial charge on any atom is -0.486 e. The fourth-order valence-corrected chi connectivity index (χ4v) is 3.11. The molecule has 0 fully saturated rings. The van der Waals surface area contributed by atoms with Crippen molar-refractivity contribution in [2.45, 2.75) is 26.0 Å². The van der Waals surface area contributed by atoms with Gasteiger partial charge in [-0.2, -0.15) is 0 Å². The van der Waals surface area contributed by atoms with Gasteiger partial charge in [0.05, 0.1) is 6.54 Å². The molecule has 2 aromatic carbocycles. The highest BCUT2D eigenvalue weighted by atomic mass is 127. The number of carbonyl (C=O) groups is 1. The van der Waals surface area contributed by atoms with Crippen LogP contribution in [0.1, 0.15) is 18.9 Å². The molecule has 1 atom stereocenters. The van der Waals surface area contributed by atoms with Crippen LogP contribution in [0.2, 0.25) is 0 Å². The van der Waals surface area contributed by atoms with Gasteiger partial charge in [-0.05, 0) is 24.6 Å². The Morgan fingerprint density at radius 3 is 2.55 bits per heavy atom. The molecule has 2 aromatic rings. The Balaban J connectivity index is 0.00000341. The van der Waals surface area contributed by atoms with Crippen molar-refractivity contribution in [3.05, 3.63) is 60.2 Å². The highest BCUT2D eigenvalue weighted by Gasteiger charge is 2.20. The van der Waals surface area contributed by atoms with Crippen LogP contribution in [0.3, 0.4) is 0 Å². The summed E-state index contributed by atoms with van der Waals surface area (Å²) in [5.41, 5.74) is 1.12. The first-order chi connectivity index (χ1) is 14.7. The van der Waals surface area contributed by atoms with Crippen LogP contribution >= 0.6 is 24.0 Å². The first-order valence-electron chi connectivity index (χ1n) is 10.3. The van der Waals surface area contributed by atoms with Crippen molar-refractivity contribution in [3.63, 3.8) is 0 Å². The van der Waals surface area contributed by atoms with Gasteiger partial charge < -0.3 is 25.0 Å². The zero-order valence-electron chi connectivity index (χ0n) is 18.0. The van der Waals surface area contributed by atoms with Crippen molar-refractivity contribution in [1.29, 1.82) is 0 Å². The number of aliphatic imine (C=N–C) groups is 1. The lowest BCUT2D eigenvalue weighted by atomic mass is 10.2. The molecule has 168 valence electrons. The maximum Gasteiger partial charge on any atom is 0.224 e. The van der Waals surface area contributed by atoms with Gasteiger partial charge in [0.25, 0.3) is 0 Å². The molecule has 1 unspecified atom stereocenters. The molecule has 0 bridgehead atoms. The number of nitrogens with zero attached hydrogens (tertiary/aromatic N) is 2. The summed E-state index contributed by atoms with van der Waals surface area (Å²) in [5.74, 6) is 2.26. The predicted molar refractivity (Wildman–Crippen MR) is 133 cm³/mol. The molecule has 0 spiro atoms. The fraction of sp³-hybridized carbons (Fsp3) is 0.391. The van der Waals surface area contributed by atoms with Gasteiger partial charge in [0.15, 0.2) is 23.6 Å². The van der Waals surface area contributed by atoms with E-state index >= 15 is 0 Å². The Labute approximate surface area is 201 Å². The number of para-hydroxylation sites is 2. The van der Waals surface area contributed by atoms with Crippen LogP contribution < -0.4 is 20.1 Å². The van der Waals surface area contributed by atoms with E-state index in [0.717, 1.165) is 23.6 Å². The number of hydrogen-bond donors (Lipinski definition) is 2. The number of halogens is 1. The number of carbonyl (C=O) groups excluding carboxylic acids is 1. The van der Waals surface area contributed by atoms with Crippen molar-refractivity contribution < 1.29 is 14.3 Å². The number of amides is 1. The van der Waals surface area contributed by atoms with Crippen LogP contribution in [-0.4, -0.2) is 56.2 Å². The SMILES string of the molecule is CCNC(=NCC1COc2ccccc2O1)NCCC(=O)N(C)Cc1ccccc1.I. The molecule has 3 rings (SSSR count). The summed E-state index contributed by atoms with van der Waals surface area (Å²) in [6.45, 7) is 4.78. The number of fused-ring (bicyclic) bond motifs is 1. The van der Waals surface area contributed by atoms with Gasteiger partial charge in [-0.15, -0.1) is 24.0 Å². The van der Waals surface area contributed by atoms with Crippen LogP contribution in [0, 0.1) is 0 Å². The van der Waals surface area contributed by atoms with Crippen molar-refractivity contribution in [2.75, 3.05) is 33.3 Å². The smallest absolute Gasteiger partial charge is 0.224 e. The van der Waals surface area contributed by atoms with Gasteiger partial charge in [0, 0.05) is 33.1 Å². The maximum absolute atomic E-state index is 12.4. The molecule has 0 saturated carbocycles. The quantitative estimate of drug-likeness (QED) is 0.307. The summed E-state index contributed by atoms with van der Waals surface area (Å²) in [4.78, 5) is 18.7. The third-order valence-corrected chi connectivity index (χ3v) is 4.68. The van der Waals surface area contributed by atoms with Crippen molar-refractivity contribution in [1.82, 2.24) is 15.5 Å². The van der Waals surface area contributed by atoms with E-state index in [9.17, 15) is 4.79 Å². The summed E-state index contributed by atoms with van der Waals surface area (Å²) in [7, 11) is 1.83. The van der Waals surface area contributed by atoms with E-state index in [-0.39, 0.29) is 36.0 Å². The molecule has 2 N–H and O–H groups in total. The van der Waals surface area contributed by atoms with Crippen molar-refractivity contribution >= 4 is 35.8 Å². The standard InChI is InChI=1S/C23H30N4O3.HI/c1-3-24-23(26-15-19-17-29-20-11-7-8-12-21(20)30-19)25-14-13-22(28)27(2)16-18-9-5-4-6-10-18;/h4-12,19H,3,13-17H2,1-2H3,(H2,24,25,26);1H. The number of ether oxygens (including phenoxy) is 2. The topological polar surface area (TPSA) is 75.2 Å². The molecule has 8 heteroatoms. The van der Waals surface area contributed by atoms with Crippen LogP contribution in [0.15, 0.2) is 59.6 Å². The largest absolute Gasteiger partial charge is 0.486 e. The number of hydrogen-bond acceptors (Lipinski definition) is 4. The highest BCUT2D eigenvalue weighted by molar-refractivity contribution is 14.0. The minimum atomic E-state index is -0.144. The zero-order valence-corrected chi connectivity index (χ0v) is 20.4. The minimum absolute atomic E-state index is 0. The molecule has 1 heterocycles. The van der Waals surface area contributed by atoms with Crippen molar-refractivity contribution in [2.24, 2.45) is 4.99 Å². The Kier molecular flexibility index (Phi) is 10.4. The van der Waals surface area contributed by atoms with Crippen LogP contribution in [0.25, 0.3) is 0 Å². The average Bonchev–Trinajstić information content (AvgIpc) is 2.78. The Morgan fingerprint density at radius 2 is 1.81 bits per heavy atom. The number of nitrogens with one attached hydrogen (secondary N) is 2. The van der Waals surface area contributed by atoms with Gasteiger partial charge in [-0.25, -0.2) is 4.99 Å².